The van der Waals surface area contributed by atoms with Crippen LogP contribution in [0.5, 0.6) is 5.75 Å². The molecule has 1 N–H and O–H groups in total. The Bertz CT molecular complexity index is 761. The maximum absolute atomic E-state index is 12.6. The summed E-state index contributed by atoms with van der Waals surface area (Å²) in [6.45, 7) is 3.26. The van der Waals surface area contributed by atoms with Gasteiger partial charge in [0, 0.05) is 31.9 Å². The smallest absolute Gasteiger partial charge is 0.254 e. The van der Waals surface area contributed by atoms with E-state index < -0.39 is 0 Å². The number of amides is 1. The molecule has 0 atom stereocenters. The van der Waals surface area contributed by atoms with Crippen molar-refractivity contribution in [3.63, 3.8) is 0 Å². The molecule has 0 aliphatic carbocycles. The van der Waals surface area contributed by atoms with Gasteiger partial charge in [-0.05, 0) is 48.2 Å². The van der Waals surface area contributed by atoms with E-state index in [9.17, 15) is 9.90 Å². The largest absolute Gasteiger partial charge is 0.508 e. The first-order chi connectivity index (χ1) is 11.1. The number of nitrogens with zero attached hydrogens (tertiary/aromatic N) is 3. The molecule has 120 valence electrons. The third-order valence-corrected chi connectivity index (χ3v) is 4.35. The van der Waals surface area contributed by atoms with Gasteiger partial charge < -0.3 is 10.0 Å². The molecule has 3 rings (SSSR count). The molecule has 1 aliphatic rings. The van der Waals surface area contributed by atoms with E-state index in [1.807, 2.05) is 29.6 Å². The van der Waals surface area contributed by atoms with E-state index in [4.69, 9.17) is 0 Å². The monoisotopic (exact) mass is 311 g/mol. The van der Waals surface area contributed by atoms with E-state index in [1.165, 1.54) is 5.57 Å². The van der Waals surface area contributed by atoms with Crippen molar-refractivity contribution in [2.45, 2.75) is 19.8 Å². The van der Waals surface area contributed by atoms with Gasteiger partial charge in [0.2, 0.25) is 0 Å². The molecule has 23 heavy (non-hydrogen) atoms. The number of carbonyl (C=O) groups is 1. The summed E-state index contributed by atoms with van der Waals surface area (Å²) in [6.07, 6.45) is 5.41. The Morgan fingerprint density at radius 1 is 1.35 bits per heavy atom. The molecular weight excluding hydrogens is 290 g/mol. The van der Waals surface area contributed by atoms with Gasteiger partial charge in [-0.1, -0.05) is 13.0 Å². The van der Waals surface area contributed by atoms with Crippen molar-refractivity contribution in [3.8, 4) is 5.75 Å². The molecule has 0 unspecified atom stereocenters. The molecule has 5 nitrogen and oxygen atoms in total. The second-order valence-corrected chi connectivity index (χ2v) is 5.77. The molecule has 5 heteroatoms. The van der Waals surface area contributed by atoms with Crippen molar-refractivity contribution in [1.82, 2.24) is 14.7 Å². The minimum absolute atomic E-state index is 0.0139. The lowest BCUT2D eigenvalue weighted by Crippen LogP contribution is -2.34. The molecule has 2 heterocycles. The van der Waals surface area contributed by atoms with Crippen LogP contribution in [-0.4, -0.2) is 38.8 Å². The summed E-state index contributed by atoms with van der Waals surface area (Å²) in [6, 6.07) is 7.08. The first kappa shape index (κ1) is 15.3. The number of rotatable bonds is 3. The number of aryl methyl sites for hydroxylation is 2. The molecule has 1 amide bonds. The lowest BCUT2D eigenvalue weighted by atomic mass is 10.0. The van der Waals surface area contributed by atoms with Gasteiger partial charge in [-0.25, -0.2) is 0 Å². The zero-order valence-corrected chi connectivity index (χ0v) is 13.5. The molecule has 2 aromatic rings. The van der Waals surface area contributed by atoms with Gasteiger partial charge in [0.25, 0.3) is 5.91 Å². The van der Waals surface area contributed by atoms with Gasteiger partial charge in [0.05, 0.1) is 5.69 Å². The van der Waals surface area contributed by atoms with E-state index in [0.717, 1.165) is 17.7 Å². The highest BCUT2D eigenvalue weighted by Crippen LogP contribution is 2.24. The Morgan fingerprint density at radius 3 is 2.78 bits per heavy atom. The lowest BCUT2D eigenvalue weighted by molar-refractivity contribution is 0.0772. The molecule has 0 radical (unpaired) electrons. The fraction of sp³-hybridized carbons (Fsp3) is 0.333. The zero-order valence-electron chi connectivity index (χ0n) is 13.5. The number of phenolic OH excluding ortho intramolecular Hbond substituents is 1. The third-order valence-electron chi connectivity index (χ3n) is 4.35. The van der Waals surface area contributed by atoms with Crippen LogP contribution in [0.4, 0.5) is 0 Å². The van der Waals surface area contributed by atoms with Gasteiger partial charge in [0.15, 0.2) is 0 Å². The van der Waals surface area contributed by atoms with Crippen molar-refractivity contribution in [3.05, 3.63) is 53.4 Å². The highest BCUT2D eigenvalue weighted by atomic mass is 16.3. The van der Waals surface area contributed by atoms with Gasteiger partial charge in [0.1, 0.15) is 5.75 Å². The van der Waals surface area contributed by atoms with Crippen LogP contribution in [0, 0.1) is 0 Å². The van der Waals surface area contributed by atoms with Crippen molar-refractivity contribution in [2.75, 3.05) is 13.1 Å². The molecular formula is C18H21N3O2. The van der Waals surface area contributed by atoms with Gasteiger partial charge in [-0.3, -0.25) is 9.48 Å². The Hall–Kier alpha value is -2.56. The summed E-state index contributed by atoms with van der Waals surface area (Å²) >= 11 is 0. The minimum atomic E-state index is 0.0139. The van der Waals surface area contributed by atoms with E-state index in [1.54, 1.807) is 24.4 Å². The van der Waals surface area contributed by atoms with Crippen LogP contribution in [0.1, 0.15) is 35.0 Å². The topological polar surface area (TPSA) is 58.4 Å². The fourth-order valence-electron chi connectivity index (χ4n) is 2.96. The van der Waals surface area contributed by atoms with E-state index in [2.05, 4.69) is 11.2 Å². The summed E-state index contributed by atoms with van der Waals surface area (Å²) in [5, 5.41) is 13.9. The third kappa shape index (κ3) is 2.99. The summed E-state index contributed by atoms with van der Waals surface area (Å²) in [5.41, 5.74) is 3.78. The maximum Gasteiger partial charge on any atom is 0.254 e. The van der Waals surface area contributed by atoms with Crippen LogP contribution in [0.3, 0.4) is 0 Å². The summed E-state index contributed by atoms with van der Waals surface area (Å²) in [4.78, 5) is 14.5. The Morgan fingerprint density at radius 2 is 2.17 bits per heavy atom. The highest BCUT2D eigenvalue weighted by molar-refractivity contribution is 5.95. The number of phenols is 1. The van der Waals surface area contributed by atoms with E-state index in [-0.39, 0.29) is 11.7 Å². The first-order valence-corrected chi connectivity index (χ1v) is 7.88. The molecule has 1 aliphatic heterocycles. The molecule has 0 bridgehead atoms. The van der Waals surface area contributed by atoms with Crippen LogP contribution >= 0.6 is 0 Å². The lowest BCUT2D eigenvalue weighted by Gasteiger charge is -2.27. The predicted octanol–water partition coefficient (Wildman–Crippen LogP) is 2.62. The number of aromatic hydroxyl groups is 1. The van der Waals surface area contributed by atoms with Crippen molar-refractivity contribution in [1.29, 1.82) is 0 Å². The molecule has 1 aromatic heterocycles. The number of benzene rings is 1. The van der Waals surface area contributed by atoms with Crippen molar-refractivity contribution >= 4 is 11.5 Å². The normalized spacial score (nSPS) is 14.7. The quantitative estimate of drug-likeness (QED) is 0.948. The van der Waals surface area contributed by atoms with E-state index in [0.29, 0.717) is 25.1 Å². The van der Waals surface area contributed by atoms with Gasteiger partial charge in [-0.15, -0.1) is 0 Å². The molecule has 1 aromatic carbocycles. The maximum atomic E-state index is 12.6. The van der Waals surface area contributed by atoms with Crippen molar-refractivity contribution < 1.29 is 9.90 Å². The van der Waals surface area contributed by atoms with Crippen LogP contribution in [0.25, 0.3) is 5.57 Å². The summed E-state index contributed by atoms with van der Waals surface area (Å²) < 4.78 is 1.86. The van der Waals surface area contributed by atoms with E-state index >= 15 is 0 Å². The number of aromatic nitrogens is 2. The van der Waals surface area contributed by atoms with Crippen LogP contribution < -0.4 is 0 Å². The average Bonchev–Trinajstić information content (AvgIpc) is 3.01. The number of hydrogen-bond donors (Lipinski definition) is 1. The molecule has 0 spiro atoms. The van der Waals surface area contributed by atoms with Crippen LogP contribution in [0.15, 0.2) is 36.5 Å². The molecule has 0 fully saturated rings. The summed E-state index contributed by atoms with van der Waals surface area (Å²) in [5.74, 6) is 0.265. The predicted molar refractivity (Wildman–Crippen MR) is 89.2 cm³/mol. The van der Waals surface area contributed by atoms with Gasteiger partial charge in [-0.2, -0.15) is 5.10 Å². The molecule has 0 saturated heterocycles. The average molecular weight is 311 g/mol. The standard InChI is InChI=1S/C18H21N3O2/c1-3-13-12-15(4-5-17(13)22)18(23)21-10-7-14(8-11-21)16-6-9-19-20(16)2/h4-7,9,12,22H,3,8,10-11H2,1-2H3. The number of hydrogen-bond acceptors (Lipinski definition) is 3. The van der Waals surface area contributed by atoms with Crippen LogP contribution in [0.2, 0.25) is 0 Å². The minimum Gasteiger partial charge on any atom is -0.508 e. The fourth-order valence-corrected chi connectivity index (χ4v) is 2.96. The number of carbonyl (C=O) groups excluding carboxylic acids is 1. The Kier molecular flexibility index (Phi) is 4.19. The Labute approximate surface area is 135 Å². The first-order valence-electron chi connectivity index (χ1n) is 7.88. The molecule has 0 saturated carbocycles. The summed E-state index contributed by atoms with van der Waals surface area (Å²) in [7, 11) is 1.93. The zero-order chi connectivity index (χ0) is 16.4. The van der Waals surface area contributed by atoms with Crippen molar-refractivity contribution in [2.24, 2.45) is 7.05 Å². The van der Waals surface area contributed by atoms with Crippen LogP contribution in [-0.2, 0) is 13.5 Å². The Balaban J connectivity index is 1.76. The second kappa shape index (κ2) is 6.28. The SMILES string of the molecule is CCc1cc(C(=O)N2CC=C(c3ccnn3C)CC2)ccc1O. The van der Waals surface area contributed by atoms with Gasteiger partial charge >= 0.3 is 0 Å². The highest BCUT2D eigenvalue weighted by Gasteiger charge is 2.20. The second-order valence-electron chi connectivity index (χ2n) is 5.77.